The minimum absolute atomic E-state index is 0.166. The third-order valence-corrected chi connectivity index (χ3v) is 5.00. The Balaban J connectivity index is 1.67. The van der Waals surface area contributed by atoms with Crippen LogP contribution in [-0.4, -0.2) is 47.0 Å². The molecule has 1 aromatic heterocycles. The fraction of sp³-hybridized carbons (Fsp3) is 0.450. The summed E-state index contributed by atoms with van der Waals surface area (Å²) >= 11 is 0. The Morgan fingerprint density at radius 2 is 2.11 bits per heavy atom. The van der Waals surface area contributed by atoms with Crippen LogP contribution in [0.15, 0.2) is 33.9 Å². The summed E-state index contributed by atoms with van der Waals surface area (Å²) in [6, 6.07) is 6.88. The Morgan fingerprint density at radius 3 is 2.85 bits per heavy atom. The van der Waals surface area contributed by atoms with Crippen molar-refractivity contribution in [2.24, 2.45) is 5.92 Å². The summed E-state index contributed by atoms with van der Waals surface area (Å²) in [5.41, 5.74) is 0.925. The summed E-state index contributed by atoms with van der Waals surface area (Å²) in [6.45, 7) is 7.53. The van der Waals surface area contributed by atoms with Crippen molar-refractivity contribution in [1.82, 2.24) is 20.2 Å². The number of hydrogen-bond donors (Lipinski definition) is 3. The molecule has 1 atom stereocenters. The molecule has 0 spiro atoms. The lowest BCUT2D eigenvalue weighted by Crippen LogP contribution is -2.40. The maximum Gasteiger partial charge on any atom is 0.325 e. The Bertz CT molecular complexity index is 931. The van der Waals surface area contributed by atoms with Crippen molar-refractivity contribution in [3.63, 3.8) is 0 Å². The molecule has 0 bridgehead atoms. The molecule has 0 aliphatic carbocycles. The van der Waals surface area contributed by atoms with Crippen LogP contribution in [0.5, 0.6) is 0 Å². The van der Waals surface area contributed by atoms with E-state index in [9.17, 15) is 14.4 Å². The highest BCUT2D eigenvalue weighted by Gasteiger charge is 2.16. The predicted octanol–water partition coefficient (Wildman–Crippen LogP) is 1.50. The smallest absolute Gasteiger partial charge is 0.325 e. The van der Waals surface area contributed by atoms with Gasteiger partial charge in [-0.2, -0.15) is 0 Å². The fourth-order valence-electron chi connectivity index (χ4n) is 3.68. The van der Waals surface area contributed by atoms with E-state index in [2.05, 4.69) is 27.1 Å². The molecule has 1 fully saturated rings. The molecule has 27 heavy (non-hydrogen) atoms. The van der Waals surface area contributed by atoms with Gasteiger partial charge in [-0.05, 0) is 49.9 Å². The number of carbonyl (C=O) groups is 1. The number of likely N-dealkylation sites (tertiary alicyclic amines) is 1. The Labute approximate surface area is 157 Å². The SMILES string of the molecule is Cc1[nH]c(=O)[nH]c(=O)c1-c1cccc(C(=O)NCCN2CCCC(C)C2)c1. The number of nitrogens with zero attached hydrogens (tertiary/aromatic N) is 1. The van der Waals surface area contributed by atoms with Gasteiger partial charge in [-0.1, -0.05) is 19.1 Å². The number of aromatic nitrogens is 2. The summed E-state index contributed by atoms with van der Waals surface area (Å²) in [5.74, 6) is 0.546. The van der Waals surface area contributed by atoms with Gasteiger partial charge in [0.1, 0.15) is 0 Å². The first-order valence-corrected chi connectivity index (χ1v) is 9.38. The van der Waals surface area contributed by atoms with E-state index in [1.807, 2.05) is 0 Å². The van der Waals surface area contributed by atoms with Crippen LogP contribution in [0.25, 0.3) is 11.1 Å². The van der Waals surface area contributed by atoms with Gasteiger partial charge in [0.15, 0.2) is 0 Å². The van der Waals surface area contributed by atoms with Crippen molar-refractivity contribution in [1.29, 1.82) is 0 Å². The molecule has 3 rings (SSSR count). The van der Waals surface area contributed by atoms with Crippen LogP contribution in [0.1, 0.15) is 35.8 Å². The lowest BCUT2D eigenvalue weighted by atomic mass is 10.0. The number of aromatic amines is 2. The molecule has 0 radical (unpaired) electrons. The molecule has 1 aliphatic heterocycles. The fourth-order valence-corrected chi connectivity index (χ4v) is 3.68. The second-order valence-electron chi connectivity index (χ2n) is 7.29. The van der Waals surface area contributed by atoms with Crippen LogP contribution in [0.2, 0.25) is 0 Å². The maximum atomic E-state index is 12.5. The third-order valence-electron chi connectivity index (χ3n) is 5.00. The van der Waals surface area contributed by atoms with Crippen LogP contribution in [-0.2, 0) is 0 Å². The van der Waals surface area contributed by atoms with Crippen molar-refractivity contribution >= 4 is 5.91 Å². The average Bonchev–Trinajstić information content (AvgIpc) is 2.61. The maximum absolute atomic E-state index is 12.5. The number of rotatable bonds is 5. The van der Waals surface area contributed by atoms with Gasteiger partial charge >= 0.3 is 5.69 Å². The van der Waals surface area contributed by atoms with Crippen LogP contribution in [0.4, 0.5) is 0 Å². The molecule has 1 amide bonds. The highest BCUT2D eigenvalue weighted by Crippen LogP contribution is 2.19. The van der Waals surface area contributed by atoms with Crippen LogP contribution in [0, 0.1) is 12.8 Å². The van der Waals surface area contributed by atoms with Gasteiger partial charge < -0.3 is 15.2 Å². The van der Waals surface area contributed by atoms with E-state index in [1.165, 1.54) is 12.8 Å². The number of H-pyrrole nitrogens is 2. The summed E-state index contributed by atoms with van der Waals surface area (Å²) in [6.07, 6.45) is 2.49. The zero-order valence-corrected chi connectivity index (χ0v) is 15.8. The minimum atomic E-state index is -0.540. The predicted molar refractivity (Wildman–Crippen MR) is 105 cm³/mol. The molecule has 0 saturated carbocycles. The van der Waals surface area contributed by atoms with E-state index < -0.39 is 11.2 Å². The molecule has 1 unspecified atom stereocenters. The molecule has 3 N–H and O–H groups in total. The Morgan fingerprint density at radius 1 is 1.30 bits per heavy atom. The normalized spacial score (nSPS) is 17.6. The number of nitrogens with one attached hydrogen (secondary N) is 3. The van der Waals surface area contributed by atoms with E-state index in [0.717, 1.165) is 19.6 Å². The van der Waals surface area contributed by atoms with Crippen molar-refractivity contribution in [3.05, 3.63) is 56.4 Å². The number of aryl methyl sites for hydroxylation is 1. The molecule has 1 saturated heterocycles. The first-order valence-electron chi connectivity index (χ1n) is 9.38. The van der Waals surface area contributed by atoms with Crippen LogP contribution in [0.3, 0.4) is 0 Å². The Hall–Kier alpha value is -2.67. The minimum Gasteiger partial charge on any atom is -0.351 e. The second-order valence-corrected chi connectivity index (χ2v) is 7.29. The highest BCUT2D eigenvalue weighted by atomic mass is 16.2. The quantitative estimate of drug-likeness (QED) is 0.743. The molecular weight excluding hydrogens is 344 g/mol. The number of benzene rings is 1. The van der Waals surface area contributed by atoms with Crippen molar-refractivity contribution in [2.75, 3.05) is 26.2 Å². The second kappa shape index (κ2) is 8.35. The summed E-state index contributed by atoms with van der Waals surface area (Å²) in [5, 5.41) is 2.95. The van der Waals surface area contributed by atoms with Gasteiger partial charge in [0.05, 0.1) is 5.56 Å². The molecule has 1 aliphatic rings. The molecule has 1 aromatic carbocycles. The van der Waals surface area contributed by atoms with Crippen LogP contribution < -0.4 is 16.6 Å². The van der Waals surface area contributed by atoms with E-state index >= 15 is 0 Å². The summed E-state index contributed by atoms with van der Waals surface area (Å²) < 4.78 is 0. The van der Waals surface area contributed by atoms with Crippen molar-refractivity contribution in [3.8, 4) is 11.1 Å². The van der Waals surface area contributed by atoms with E-state index in [0.29, 0.717) is 34.8 Å². The highest BCUT2D eigenvalue weighted by molar-refractivity contribution is 5.95. The van der Waals surface area contributed by atoms with Gasteiger partial charge in [-0.15, -0.1) is 0 Å². The lowest BCUT2D eigenvalue weighted by molar-refractivity contribution is 0.0944. The van der Waals surface area contributed by atoms with E-state index in [-0.39, 0.29) is 5.91 Å². The summed E-state index contributed by atoms with van der Waals surface area (Å²) in [7, 11) is 0. The monoisotopic (exact) mass is 370 g/mol. The zero-order chi connectivity index (χ0) is 19.4. The third kappa shape index (κ3) is 4.74. The average molecular weight is 370 g/mol. The largest absolute Gasteiger partial charge is 0.351 e. The molecule has 7 nitrogen and oxygen atoms in total. The molecule has 2 heterocycles. The van der Waals surface area contributed by atoms with Gasteiger partial charge in [0, 0.05) is 30.9 Å². The summed E-state index contributed by atoms with van der Waals surface area (Å²) in [4.78, 5) is 43.2. The van der Waals surface area contributed by atoms with Gasteiger partial charge in [0.2, 0.25) is 0 Å². The molecule has 2 aromatic rings. The van der Waals surface area contributed by atoms with Gasteiger partial charge in [-0.25, -0.2) is 4.79 Å². The molecular formula is C20H26N4O3. The zero-order valence-electron chi connectivity index (χ0n) is 15.8. The van der Waals surface area contributed by atoms with Gasteiger partial charge in [-0.3, -0.25) is 14.6 Å². The standard InChI is InChI=1S/C20H26N4O3/c1-13-5-4-9-24(12-13)10-8-21-18(25)16-7-3-6-15(11-16)17-14(2)22-20(27)23-19(17)26/h3,6-7,11,13H,4-5,8-10,12H2,1-2H3,(H,21,25)(H2,22,23,26,27). The molecule has 7 heteroatoms. The molecule has 144 valence electrons. The topological polar surface area (TPSA) is 98.1 Å². The lowest BCUT2D eigenvalue weighted by Gasteiger charge is -2.30. The first-order chi connectivity index (χ1) is 12.9. The Kier molecular flexibility index (Phi) is 5.91. The number of carbonyl (C=O) groups excluding carboxylic acids is 1. The van der Waals surface area contributed by atoms with Crippen molar-refractivity contribution < 1.29 is 4.79 Å². The van der Waals surface area contributed by atoms with Crippen LogP contribution >= 0.6 is 0 Å². The first kappa shape index (κ1) is 19.1. The van der Waals surface area contributed by atoms with Crippen molar-refractivity contribution in [2.45, 2.75) is 26.7 Å². The van der Waals surface area contributed by atoms with E-state index in [4.69, 9.17) is 0 Å². The number of piperidine rings is 1. The van der Waals surface area contributed by atoms with E-state index in [1.54, 1.807) is 31.2 Å². The number of hydrogen-bond acceptors (Lipinski definition) is 4. The van der Waals surface area contributed by atoms with Gasteiger partial charge in [0.25, 0.3) is 11.5 Å². The number of amides is 1.